The van der Waals surface area contributed by atoms with Crippen LogP contribution in [0.5, 0.6) is 0 Å². The molecule has 0 atom stereocenters. The predicted octanol–water partition coefficient (Wildman–Crippen LogP) is -2.73. The maximum absolute atomic E-state index is 4.00. The SMILES string of the molecule is CC(C)C1=N[CH-]NN1.[Rb+]. The van der Waals surface area contributed by atoms with Gasteiger partial charge in [0.15, 0.2) is 0 Å². The Morgan fingerprint density at radius 2 is 2.22 bits per heavy atom. The molecule has 0 amide bonds. The number of amidine groups is 1. The van der Waals surface area contributed by atoms with Gasteiger partial charge >= 0.3 is 58.2 Å². The Balaban J connectivity index is 0.000000640. The standard InChI is InChI=1S/C5H10N3.Rb/c1-4(2)5-6-3-7-8-5;/h3-4,7H,1-2H3,(H,6,8);/q-1;+1. The molecule has 0 aromatic carbocycles. The minimum atomic E-state index is 0. The van der Waals surface area contributed by atoms with Crippen LogP contribution in [0.2, 0.25) is 0 Å². The molecule has 0 unspecified atom stereocenters. The van der Waals surface area contributed by atoms with Gasteiger partial charge in [0.2, 0.25) is 0 Å². The summed E-state index contributed by atoms with van der Waals surface area (Å²) in [6, 6.07) is 0. The molecule has 0 aromatic heterocycles. The fourth-order valence-corrected chi connectivity index (χ4v) is 0.534. The second kappa shape index (κ2) is 4.85. The average Bonchev–Trinajstić information content (AvgIpc) is 2.12. The van der Waals surface area contributed by atoms with Crippen molar-refractivity contribution in [3.8, 4) is 0 Å². The van der Waals surface area contributed by atoms with Gasteiger partial charge in [-0.2, -0.15) is 0 Å². The summed E-state index contributed by atoms with van der Waals surface area (Å²) in [5, 5.41) is 0. The quantitative estimate of drug-likeness (QED) is 0.448. The maximum Gasteiger partial charge on any atom is 1.00 e. The van der Waals surface area contributed by atoms with Gasteiger partial charge < -0.3 is 10.4 Å². The van der Waals surface area contributed by atoms with Gasteiger partial charge in [0.1, 0.15) is 0 Å². The van der Waals surface area contributed by atoms with Gasteiger partial charge in [-0.1, -0.05) is 26.4 Å². The fraction of sp³-hybridized carbons (Fsp3) is 0.600. The van der Waals surface area contributed by atoms with E-state index in [4.69, 9.17) is 0 Å². The topological polar surface area (TPSA) is 36.4 Å². The molecule has 0 saturated heterocycles. The molecule has 4 heteroatoms. The van der Waals surface area contributed by atoms with Crippen LogP contribution in [0.15, 0.2) is 4.99 Å². The van der Waals surface area contributed by atoms with Gasteiger partial charge in [0.05, 0.1) is 0 Å². The Kier molecular flexibility index (Phi) is 5.45. The predicted molar refractivity (Wildman–Crippen MR) is 32.8 cm³/mol. The summed E-state index contributed by atoms with van der Waals surface area (Å²) in [6.45, 7) is 5.83. The van der Waals surface area contributed by atoms with Gasteiger partial charge in [0, 0.05) is 0 Å². The van der Waals surface area contributed by atoms with E-state index in [0.29, 0.717) is 5.92 Å². The molecular formula is C5H10N3Rb. The molecule has 0 spiro atoms. The normalized spacial score (nSPS) is 15.7. The first-order chi connectivity index (χ1) is 3.80. The molecule has 0 saturated carbocycles. The number of nitrogens with zero attached hydrogens (tertiary/aromatic N) is 1. The monoisotopic (exact) mass is 197 g/mol. The van der Waals surface area contributed by atoms with Crippen molar-refractivity contribution in [2.24, 2.45) is 10.9 Å². The molecule has 2 N–H and O–H groups in total. The van der Waals surface area contributed by atoms with E-state index in [0.717, 1.165) is 5.84 Å². The molecule has 1 heterocycles. The number of nitrogens with one attached hydrogen (secondary N) is 2. The first kappa shape index (κ1) is 10.1. The van der Waals surface area contributed by atoms with Gasteiger partial charge in [-0.25, -0.2) is 0 Å². The largest absolute Gasteiger partial charge is 1.00 e. The van der Waals surface area contributed by atoms with Crippen molar-refractivity contribution in [3.05, 3.63) is 6.67 Å². The van der Waals surface area contributed by atoms with Gasteiger partial charge in [-0.3, -0.25) is 5.43 Å². The van der Waals surface area contributed by atoms with Crippen molar-refractivity contribution in [1.29, 1.82) is 0 Å². The second-order valence-corrected chi connectivity index (χ2v) is 2.07. The minimum Gasteiger partial charge on any atom is -0.418 e. The molecule has 9 heavy (non-hydrogen) atoms. The van der Waals surface area contributed by atoms with Crippen molar-refractivity contribution in [2.75, 3.05) is 0 Å². The molecule has 0 fully saturated rings. The smallest absolute Gasteiger partial charge is 0.418 e. The zero-order chi connectivity index (χ0) is 5.98. The van der Waals surface area contributed by atoms with Crippen LogP contribution in [0.1, 0.15) is 13.8 Å². The van der Waals surface area contributed by atoms with Crippen molar-refractivity contribution in [1.82, 2.24) is 10.9 Å². The van der Waals surface area contributed by atoms with E-state index in [-0.39, 0.29) is 58.2 Å². The summed E-state index contributed by atoms with van der Waals surface area (Å²) in [5.74, 6) is 1.49. The Bertz CT molecular complexity index is 111. The molecule has 0 aliphatic carbocycles. The Morgan fingerprint density at radius 1 is 1.56 bits per heavy atom. The molecular weight excluding hydrogens is 188 g/mol. The van der Waals surface area contributed by atoms with E-state index < -0.39 is 0 Å². The van der Waals surface area contributed by atoms with Crippen LogP contribution in [0.4, 0.5) is 0 Å². The Hall–Kier alpha value is 1.11. The van der Waals surface area contributed by atoms with Crippen LogP contribution in [0, 0.1) is 12.6 Å². The summed E-state index contributed by atoms with van der Waals surface area (Å²) in [5.41, 5.74) is 5.68. The first-order valence-corrected chi connectivity index (χ1v) is 2.71. The molecule has 1 aliphatic rings. The first-order valence-electron chi connectivity index (χ1n) is 2.71. The molecule has 1 rings (SSSR count). The van der Waals surface area contributed by atoms with Crippen LogP contribution in [0.25, 0.3) is 0 Å². The third-order valence-corrected chi connectivity index (χ3v) is 1.02. The zero-order valence-corrected chi connectivity index (χ0v) is 11.0. The van der Waals surface area contributed by atoms with Crippen molar-refractivity contribution in [2.45, 2.75) is 13.8 Å². The zero-order valence-electron chi connectivity index (χ0n) is 6.10. The molecule has 1 aliphatic heterocycles. The molecule has 0 aromatic rings. The van der Waals surface area contributed by atoms with Crippen LogP contribution >= 0.6 is 0 Å². The second-order valence-electron chi connectivity index (χ2n) is 2.07. The van der Waals surface area contributed by atoms with E-state index in [2.05, 4.69) is 29.7 Å². The summed E-state index contributed by atoms with van der Waals surface area (Å²) < 4.78 is 0. The van der Waals surface area contributed by atoms with Gasteiger partial charge in [0.25, 0.3) is 0 Å². The van der Waals surface area contributed by atoms with E-state index in [1.807, 2.05) is 0 Å². The average molecular weight is 198 g/mol. The van der Waals surface area contributed by atoms with Crippen molar-refractivity contribution in [3.63, 3.8) is 0 Å². The number of hydrogen-bond acceptors (Lipinski definition) is 3. The molecule has 0 bridgehead atoms. The summed E-state index contributed by atoms with van der Waals surface area (Å²) in [6.07, 6.45) is 0. The van der Waals surface area contributed by atoms with Crippen molar-refractivity contribution >= 4 is 5.84 Å². The van der Waals surface area contributed by atoms with Crippen LogP contribution in [-0.4, -0.2) is 5.84 Å². The summed E-state index contributed by atoms with van der Waals surface area (Å²) in [4.78, 5) is 4.00. The maximum atomic E-state index is 4.00. The molecule has 0 radical (unpaired) electrons. The number of hydrazine groups is 1. The van der Waals surface area contributed by atoms with E-state index >= 15 is 0 Å². The Morgan fingerprint density at radius 3 is 2.44 bits per heavy atom. The summed E-state index contributed by atoms with van der Waals surface area (Å²) >= 11 is 0. The molecule has 46 valence electrons. The Labute approximate surface area is 104 Å². The van der Waals surface area contributed by atoms with E-state index in [1.54, 1.807) is 6.67 Å². The fourth-order valence-electron chi connectivity index (χ4n) is 0.534. The third kappa shape index (κ3) is 3.14. The van der Waals surface area contributed by atoms with E-state index in [1.165, 1.54) is 0 Å². The number of rotatable bonds is 1. The third-order valence-electron chi connectivity index (χ3n) is 1.02. The van der Waals surface area contributed by atoms with Crippen LogP contribution in [0.3, 0.4) is 0 Å². The molecule has 3 nitrogen and oxygen atoms in total. The van der Waals surface area contributed by atoms with Crippen LogP contribution in [-0.2, 0) is 0 Å². The van der Waals surface area contributed by atoms with Gasteiger partial charge in [-0.15, -0.1) is 0 Å². The van der Waals surface area contributed by atoms with Crippen molar-refractivity contribution < 1.29 is 58.2 Å². The number of aliphatic imine (C=N–C) groups is 1. The summed E-state index contributed by atoms with van der Waals surface area (Å²) in [7, 11) is 0. The van der Waals surface area contributed by atoms with E-state index in [9.17, 15) is 0 Å². The van der Waals surface area contributed by atoms with Crippen LogP contribution < -0.4 is 69.0 Å². The van der Waals surface area contributed by atoms with Gasteiger partial charge in [-0.05, 0) is 5.84 Å². The number of hydrogen-bond donors (Lipinski definition) is 2. The minimum absolute atomic E-state index is 0.